The number of sulfonamides is 1. The van der Waals surface area contributed by atoms with Crippen molar-refractivity contribution in [1.82, 2.24) is 5.32 Å². The van der Waals surface area contributed by atoms with Gasteiger partial charge >= 0.3 is 0 Å². The summed E-state index contributed by atoms with van der Waals surface area (Å²) in [6.45, 7) is 1.88. The summed E-state index contributed by atoms with van der Waals surface area (Å²) in [6.07, 6.45) is 7.86. The molecule has 0 saturated heterocycles. The molecule has 2 aromatic rings. The van der Waals surface area contributed by atoms with Gasteiger partial charge in [-0.2, -0.15) is 0 Å². The van der Waals surface area contributed by atoms with Crippen LogP contribution < -0.4 is 19.7 Å². The summed E-state index contributed by atoms with van der Waals surface area (Å²) >= 11 is 0. The fourth-order valence-corrected chi connectivity index (χ4v) is 4.85. The van der Waals surface area contributed by atoms with E-state index in [9.17, 15) is 18.0 Å². The predicted octanol–water partition coefficient (Wildman–Crippen LogP) is 3.86. The minimum Gasteiger partial charge on any atom is -0.484 e. The SMILES string of the molecule is CC(=O)Nc1ccc(S(=O)(=O)N(C)c2ccc(OCC(=O)NCCC3=CCCCC3)cc2)cc1. The number of ether oxygens (including phenoxy) is 1. The van der Waals surface area contributed by atoms with E-state index in [2.05, 4.69) is 16.7 Å². The molecule has 9 heteroatoms. The molecule has 0 bridgehead atoms. The first-order valence-electron chi connectivity index (χ1n) is 11.3. The summed E-state index contributed by atoms with van der Waals surface area (Å²) in [6, 6.07) is 12.4. The molecule has 0 radical (unpaired) electrons. The van der Waals surface area contributed by atoms with Crippen LogP contribution in [0.3, 0.4) is 0 Å². The molecule has 2 aromatic carbocycles. The van der Waals surface area contributed by atoms with E-state index in [-0.39, 0.29) is 23.3 Å². The molecule has 34 heavy (non-hydrogen) atoms. The largest absolute Gasteiger partial charge is 0.484 e. The molecule has 2 amide bonds. The maximum atomic E-state index is 12.9. The van der Waals surface area contributed by atoms with Crippen LogP contribution in [-0.4, -0.2) is 40.4 Å². The van der Waals surface area contributed by atoms with Crippen molar-refractivity contribution in [2.75, 3.05) is 29.8 Å². The molecule has 0 spiro atoms. The van der Waals surface area contributed by atoms with Crippen LogP contribution >= 0.6 is 0 Å². The van der Waals surface area contributed by atoms with Crippen molar-refractivity contribution in [1.29, 1.82) is 0 Å². The summed E-state index contributed by atoms with van der Waals surface area (Å²) in [5.41, 5.74) is 2.38. The van der Waals surface area contributed by atoms with Gasteiger partial charge in [-0.25, -0.2) is 8.42 Å². The summed E-state index contributed by atoms with van der Waals surface area (Å²) in [4.78, 5) is 23.3. The Kier molecular flexibility index (Phi) is 8.70. The Labute approximate surface area is 201 Å². The first-order chi connectivity index (χ1) is 16.3. The Morgan fingerprint density at radius 1 is 1.03 bits per heavy atom. The van der Waals surface area contributed by atoms with E-state index >= 15 is 0 Å². The molecule has 3 rings (SSSR count). The molecule has 0 saturated carbocycles. The molecule has 8 nitrogen and oxygen atoms in total. The predicted molar refractivity (Wildman–Crippen MR) is 132 cm³/mol. The summed E-state index contributed by atoms with van der Waals surface area (Å²) in [5, 5.41) is 5.47. The zero-order chi connectivity index (χ0) is 24.6. The molecule has 0 unspecified atom stereocenters. The van der Waals surface area contributed by atoms with Crippen LogP contribution in [0.4, 0.5) is 11.4 Å². The van der Waals surface area contributed by atoms with Crippen LogP contribution in [-0.2, 0) is 19.6 Å². The molecule has 0 atom stereocenters. The van der Waals surface area contributed by atoms with E-state index in [1.54, 1.807) is 24.3 Å². The third-order valence-corrected chi connectivity index (χ3v) is 7.36. The van der Waals surface area contributed by atoms with Gasteiger partial charge in [0.05, 0.1) is 10.6 Å². The van der Waals surface area contributed by atoms with Gasteiger partial charge in [0.15, 0.2) is 6.61 Å². The lowest BCUT2D eigenvalue weighted by molar-refractivity contribution is -0.123. The smallest absolute Gasteiger partial charge is 0.264 e. The third-order valence-electron chi connectivity index (χ3n) is 5.56. The van der Waals surface area contributed by atoms with Crippen LogP contribution in [0.2, 0.25) is 0 Å². The number of anilines is 2. The van der Waals surface area contributed by atoms with Crippen molar-refractivity contribution in [3.63, 3.8) is 0 Å². The van der Waals surface area contributed by atoms with Gasteiger partial charge in [0.1, 0.15) is 5.75 Å². The molecule has 0 heterocycles. The van der Waals surface area contributed by atoms with Gasteiger partial charge in [-0.1, -0.05) is 11.6 Å². The summed E-state index contributed by atoms with van der Waals surface area (Å²) < 4.78 is 32.6. The lowest BCUT2D eigenvalue weighted by Crippen LogP contribution is -2.30. The Hall–Kier alpha value is -3.33. The minimum atomic E-state index is -3.78. The monoisotopic (exact) mass is 485 g/mol. The minimum absolute atomic E-state index is 0.102. The average molecular weight is 486 g/mol. The zero-order valence-corrected chi connectivity index (χ0v) is 20.4. The van der Waals surface area contributed by atoms with Gasteiger partial charge in [-0.05, 0) is 80.6 Å². The van der Waals surface area contributed by atoms with E-state index in [1.807, 2.05) is 0 Å². The van der Waals surface area contributed by atoms with Gasteiger partial charge < -0.3 is 15.4 Å². The number of carbonyl (C=O) groups excluding carboxylic acids is 2. The van der Waals surface area contributed by atoms with E-state index in [1.165, 1.54) is 56.7 Å². The normalized spacial score (nSPS) is 13.5. The number of amides is 2. The molecule has 182 valence electrons. The Morgan fingerprint density at radius 3 is 2.35 bits per heavy atom. The van der Waals surface area contributed by atoms with Crippen molar-refractivity contribution in [3.8, 4) is 5.75 Å². The van der Waals surface area contributed by atoms with Crippen LogP contribution in [0.1, 0.15) is 39.0 Å². The number of rotatable bonds is 10. The van der Waals surface area contributed by atoms with Crippen LogP contribution in [0.15, 0.2) is 65.1 Å². The second kappa shape index (κ2) is 11.7. The number of carbonyl (C=O) groups is 2. The molecule has 0 aromatic heterocycles. The standard InChI is InChI=1S/C25H31N3O5S/c1-19(29)27-21-8-14-24(15-9-21)34(31,32)28(2)22-10-12-23(13-11-22)33-18-25(30)26-17-16-20-6-4-3-5-7-20/h6,8-15H,3-5,7,16-18H2,1-2H3,(H,26,30)(H,27,29). The summed E-state index contributed by atoms with van der Waals surface area (Å²) in [5.74, 6) is 0.0480. The van der Waals surface area contributed by atoms with Crippen molar-refractivity contribution >= 4 is 33.2 Å². The number of allylic oxidation sites excluding steroid dienone is 1. The Balaban J connectivity index is 1.51. The number of hydrogen-bond donors (Lipinski definition) is 2. The highest BCUT2D eigenvalue weighted by atomic mass is 32.2. The van der Waals surface area contributed by atoms with Gasteiger partial charge in [0.25, 0.3) is 15.9 Å². The van der Waals surface area contributed by atoms with Crippen molar-refractivity contribution < 1.29 is 22.7 Å². The highest BCUT2D eigenvalue weighted by molar-refractivity contribution is 7.92. The topological polar surface area (TPSA) is 105 Å². The number of nitrogens with zero attached hydrogens (tertiary/aromatic N) is 1. The lowest BCUT2D eigenvalue weighted by Gasteiger charge is -2.20. The van der Waals surface area contributed by atoms with Crippen LogP contribution in [0.25, 0.3) is 0 Å². The van der Waals surface area contributed by atoms with Crippen LogP contribution in [0, 0.1) is 0 Å². The van der Waals surface area contributed by atoms with Crippen molar-refractivity contribution in [2.45, 2.75) is 43.9 Å². The number of benzene rings is 2. The van der Waals surface area contributed by atoms with Crippen molar-refractivity contribution in [2.24, 2.45) is 0 Å². The van der Waals surface area contributed by atoms with E-state index in [4.69, 9.17) is 4.74 Å². The number of hydrogen-bond acceptors (Lipinski definition) is 5. The maximum absolute atomic E-state index is 12.9. The Bertz CT molecular complexity index is 1130. The van der Waals surface area contributed by atoms with E-state index < -0.39 is 10.0 Å². The fourth-order valence-electron chi connectivity index (χ4n) is 3.66. The van der Waals surface area contributed by atoms with Crippen LogP contribution in [0.5, 0.6) is 5.75 Å². The third kappa shape index (κ3) is 7.08. The van der Waals surface area contributed by atoms with E-state index in [0.717, 1.165) is 23.6 Å². The molecule has 0 aliphatic heterocycles. The maximum Gasteiger partial charge on any atom is 0.264 e. The highest BCUT2D eigenvalue weighted by Crippen LogP contribution is 2.25. The lowest BCUT2D eigenvalue weighted by atomic mass is 9.97. The quantitative estimate of drug-likeness (QED) is 0.497. The van der Waals surface area contributed by atoms with E-state index in [0.29, 0.717) is 23.7 Å². The van der Waals surface area contributed by atoms with Gasteiger partial charge in [-0.15, -0.1) is 0 Å². The molecular weight excluding hydrogens is 454 g/mol. The Morgan fingerprint density at radius 2 is 1.74 bits per heavy atom. The van der Waals surface area contributed by atoms with Gasteiger partial charge in [0.2, 0.25) is 5.91 Å². The first kappa shape index (κ1) is 25.3. The molecule has 2 N–H and O–H groups in total. The molecule has 1 aliphatic rings. The van der Waals surface area contributed by atoms with Gasteiger partial charge in [0, 0.05) is 26.2 Å². The molecule has 1 aliphatic carbocycles. The molecule has 0 fully saturated rings. The first-order valence-corrected chi connectivity index (χ1v) is 12.7. The van der Waals surface area contributed by atoms with Gasteiger partial charge in [-0.3, -0.25) is 13.9 Å². The highest BCUT2D eigenvalue weighted by Gasteiger charge is 2.21. The fraction of sp³-hybridized carbons (Fsp3) is 0.360. The second-order valence-electron chi connectivity index (χ2n) is 8.17. The molecular formula is C25H31N3O5S. The second-order valence-corrected chi connectivity index (χ2v) is 10.1. The average Bonchev–Trinajstić information content (AvgIpc) is 2.83. The number of nitrogens with one attached hydrogen (secondary N) is 2. The van der Waals surface area contributed by atoms with Crippen molar-refractivity contribution in [3.05, 3.63) is 60.2 Å². The summed E-state index contributed by atoms with van der Waals surface area (Å²) in [7, 11) is -2.32. The zero-order valence-electron chi connectivity index (χ0n) is 19.5.